The van der Waals surface area contributed by atoms with Gasteiger partial charge in [0.15, 0.2) is 0 Å². The van der Waals surface area contributed by atoms with Gasteiger partial charge in [0.05, 0.1) is 0 Å². The highest BCUT2D eigenvalue weighted by atomic mass is 16.5. The van der Waals surface area contributed by atoms with Gasteiger partial charge >= 0.3 is 0 Å². The molecule has 1 spiro atoms. The SMILES string of the molecule is C[C@@H]1OC(N)=N[C@]12CCc1ccc(-c3cncnc3)cc1C2. The maximum atomic E-state index is 5.78. The van der Waals surface area contributed by atoms with Crippen LogP contribution in [-0.2, 0) is 17.6 Å². The van der Waals surface area contributed by atoms with Gasteiger partial charge < -0.3 is 10.5 Å². The van der Waals surface area contributed by atoms with Gasteiger partial charge in [0, 0.05) is 24.4 Å². The number of hydrogen-bond donors (Lipinski definition) is 1. The van der Waals surface area contributed by atoms with Crippen molar-refractivity contribution in [1.29, 1.82) is 0 Å². The Kier molecular flexibility index (Phi) is 2.89. The van der Waals surface area contributed by atoms with E-state index in [9.17, 15) is 0 Å². The molecule has 0 saturated heterocycles. The number of aromatic nitrogens is 2. The Bertz CT molecular complexity index is 744. The number of nitrogens with two attached hydrogens (primary N) is 1. The van der Waals surface area contributed by atoms with Crippen LogP contribution in [0.5, 0.6) is 0 Å². The molecule has 5 nitrogen and oxygen atoms in total. The van der Waals surface area contributed by atoms with E-state index in [1.807, 2.05) is 12.4 Å². The number of aliphatic imine (C=N–C) groups is 1. The fourth-order valence-corrected chi connectivity index (χ4v) is 3.50. The van der Waals surface area contributed by atoms with Crippen molar-refractivity contribution in [2.45, 2.75) is 37.8 Å². The molecule has 4 rings (SSSR count). The lowest BCUT2D eigenvalue weighted by atomic mass is 9.75. The van der Waals surface area contributed by atoms with Crippen LogP contribution in [0.4, 0.5) is 0 Å². The van der Waals surface area contributed by atoms with Crippen molar-refractivity contribution in [3.8, 4) is 11.1 Å². The fraction of sp³-hybridized carbons (Fsp3) is 0.353. The minimum Gasteiger partial charge on any atom is -0.460 e. The van der Waals surface area contributed by atoms with Crippen LogP contribution in [0, 0.1) is 0 Å². The summed E-state index contributed by atoms with van der Waals surface area (Å²) in [6.07, 6.45) is 8.11. The zero-order valence-electron chi connectivity index (χ0n) is 12.5. The molecule has 5 heteroatoms. The predicted molar refractivity (Wildman–Crippen MR) is 84.4 cm³/mol. The molecule has 1 aromatic carbocycles. The van der Waals surface area contributed by atoms with Gasteiger partial charge in [-0.2, -0.15) is 0 Å². The highest BCUT2D eigenvalue weighted by Gasteiger charge is 2.45. The molecule has 112 valence electrons. The molecule has 0 amide bonds. The van der Waals surface area contributed by atoms with E-state index in [0.29, 0.717) is 6.02 Å². The second-order valence-corrected chi connectivity index (χ2v) is 6.10. The zero-order chi connectivity index (χ0) is 15.2. The van der Waals surface area contributed by atoms with Crippen LogP contribution in [-0.4, -0.2) is 27.6 Å². The molecule has 22 heavy (non-hydrogen) atoms. The monoisotopic (exact) mass is 294 g/mol. The predicted octanol–water partition coefficient (Wildman–Crippen LogP) is 2.10. The van der Waals surface area contributed by atoms with E-state index in [1.54, 1.807) is 6.33 Å². The van der Waals surface area contributed by atoms with E-state index in [-0.39, 0.29) is 11.6 Å². The zero-order valence-corrected chi connectivity index (χ0v) is 12.5. The van der Waals surface area contributed by atoms with Crippen LogP contribution in [0.25, 0.3) is 11.1 Å². The lowest BCUT2D eigenvalue weighted by Crippen LogP contribution is -2.41. The molecule has 0 fully saturated rings. The van der Waals surface area contributed by atoms with E-state index >= 15 is 0 Å². The second-order valence-electron chi connectivity index (χ2n) is 6.10. The summed E-state index contributed by atoms with van der Waals surface area (Å²) in [6.45, 7) is 2.06. The molecule has 2 aliphatic rings. The summed E-state index contributed by atoms with van der Waals surface area (Å²) in [6, 6.07) is 6.90. The van der Waals surface area contributed by atoms with E-state index in [1.165, 1.54) is 11.1 Å². The van der Waals surface area contributed by atoms with Gasteiger partial charge in [-0.1, -0.05) is 18.2 Å². The third kappa shape index (κ3) is 2.04. The van der Waals surface area contributed by atoms with Crippen molar-refractivity contribution >= 4 is 6.02 Å². The molecule has 1 aromatic heterocycles. The first-order valence-electron chi connectivity index (χ1n) is 7.55. The molecule has 1 aliphatic heterocycles. The average molecular weight is 294 g/mol. The molecule has 0 unspecified atom stereocenters. The van der Waals surface area contributed by atoms with Crippen molar-refractivity contribution in [3.05, 3.63) is 48.0 Å². The number of amidine groups is 1. The van der Waals surface area contributed by atoms with Crippen LogP contribution in [0.15, 0.2) is 41.9 Å². The summed E-state index contributed by atoms with van der Waals surface area (Å²) >= 11 is 0. The first kappa shape index (κ1) is 13.2. The summed E-state index contributed by atoms with van der Waals surface area (Å²) < 4.78 is 5.59. The van der Waals surface area contributed by atoms with Crippen molar-refractivity contribution in [1.82, 2.24) is 9.97 Å². The third-order valence-electron chi connectivity index (χ3n) is 4.81. The second kappa shape index (κ2) is 4.80. The minimum atomic E-state index is -0.205. The highest BCUT2D eigenvalue weighted by Crippen LogP contribution is 2.39. The molecule has 0 radical (unpaired) electrons. The van der Waals surface area contributed by atoms with Gasteiger partial charge in [0.2, 0.25) is 0 Å². The van der Waals surface area contributed by atoms with Crippen molar-refractivity contribution in [2.24, 2.45) is 10.7 Å². The molecular weight excluding hydrogens is 276 g/mol. The summed E-state index contributed by atoms with van der Waals surface area (Å²) in [4.78, 5) is 12.8. The number of hydrogen-bond acceptors (Lipinski definition) is 5. The molecule has 2 heterocycles. The first-order valence-corrected chi connectivity index (χ1v) is 7.55. The molecular formula is C17H18N4O. The van der Waals surface area contributed by atoms with Crippen LogP contribution in [0.3, 0.4) is 0 Å². The van der Waals surface area contributed by atoms with E-state index in [4.69, 9.17) is 10.5 Å². The Hall–Kier alpha value is -2.43. The third-order valence-corrected chi connectivity index (χ3v) is 4.81. The van der Waals surface area contributed by atoms with Crippen LogP contribution in [0.2, 0.25) is 0 Å². The Morgan fingerprint density at radius 2 is 2.00 bits per heavy atom. The average Bonchev–Trinajstić information content (AvgIpc) is 2.81. The molecule has 2 atom stereocenters. The molecule has 2 N–H and O–H groups in total. The maximum Gasteiger partial charge on any atom is 0.282 e. The number of fused-ring (bicyclic) bond motifs is 1. The largest absolute Gasteiger partial charge is 0.460 e. The Morgan fingerprint density at radius 3 is 2.73 bits per heavy atom. The summed E-state index contributed by atoms with van der Waals surface area (Å²) in [5.74, 6) is 0. The lowest BCUT2D eigenvalue weighted by Gasteiger charge is -2.34. The Morgan fingerprint density at radius 1 is 1.18 bits per heavy atom. The van der Waals surface area contributed by atoms with E-state index < -0.39 is 0 Å². The van der Waals surface area contributed by atoms with E-state index in [2.05, 4.69) is 40.1 Å². The number of ether oxygens (including phenoxy) is 1. The highest BCUT2D eigenvalue weighted by molar-refractivity contribution is 5.74. The van der Waals surface area contributed by atoms with Crippen molar-refractivity contribution in [3.63, 3.8) is 0 Å². The van der Waals surface area contributed by atoms with Crippen molar-refractivity contribution < 1.29 is 4.74 Å². The molecule has 2 aromatic rings. The number of rotatable bonds is 1. The van der Waals surface area contributed by atoms with Gasteiger partial charge in [-0.3, -0.25) is 0 Å². The number of benzene rings is 1. The van der Waals surface area contributed by atoms with E-state index in [0.717, 1.165) is 30.4 Å². The first-order chi connectivity index (χ1) is 10.7. The molecule has 0 bridgehead atoms. The quantitative estimate of drug-likeness (QED) is 0.874. The summed E-state index contributed by atoms with van der Waals surface area (Å²) in [5, 5.41) is 0. The topological polar surface area (TPSA) is 73.4 Å². The minimum absolute atomic E-state index is 0.0318. The van der Waals surface area contributed by atoms with Crippen molar-refractivity contribution in [2.75, 3.05) is 0 Å². The Balaban J connectivity index is 1.72. The number of nitrogens with zero attached hydrogens (tertiary/aromatic N) is 3. The maximum absolute atomic E-state index is 5.78. The summed E-state index contributed by atoms with van der Waals surface area (Å²) in [5.41, 5.74) is 10.5. The standard InChI is InChI=1S/C17H18N4O/c1-11-17(21-16(18)22-11)5-4-12-2-3-13(6-14(12)7-17)15-8-19-10-20-9-15/h2-3,6,8-11H,4-5,7H2,1H3,(H2,18,21)/t11-,17-/m0/s1. The van der Waals surface area contributed by atoms with Gasteiger partial charge in [-0.05, 0) is 36.5 Å². The number of aryl methyl sites for hydroxylation is 1. The molecule has 1 aliphatic carbocycles. The molecule has 0 saturated carbocycles. The fourth-order valence-electron chi connectivity index (χ4n) is 3.50. The van der Waals surface area contributed by atoms with Gasteiger partial charge in [-0.15, -0.1) is 0 Å². The van der Waals surface area contributed by atoms with Gasteiger partial charge in [0.25, 0.3) is 6.02 Å². The van der Waals surface area contributed by atoms with Crippen LogP contribution < -0.4 is 5.73 Å². The van der Waals surface area contributed by atoms with Gasteiger partial charge in [-0.25, -0.2) is 15.0 Å². The summed E-state index contributed by atoms with van der Waals surface area (Å²) in [7, 11) is 0. The van der Waals surface area contributed by atoms with Crippen LogP contribution in [0.1, 0.15) is 24.5 Å². The smallest absolute Gasteiger partial charge is 0.282 e. The Labute approximate surface area is 129 Å². The van der Waals surface area contributed by atoms with Crippen LogP contribution >= 0.6 is 0 Å². The normalized spacial score (nSPS) is 26.4. The lowest BCUT2D eigenvalue weighted by molar-refractivity contribution is 0.140. The van der Waals surface area contributed by atoms with Gasteiger partial charge in [0.1, 0.15) is 18.0 Å².